The number of rotatable bonds is 5. The summed E-state index contributed by atoms with van der Waals surface area (Å²) in [5.41, 5.74) is 3.65. The maximum absolute atomic E-state index is 13.1. The third-order valence-electron chi connectivity index (χ3n) is 4.60. The van der Waals surface area contributed by atoms with Gasteiger partial charge in [0.1, 0.15) is 0 Å². The Morgan fingerprint density at radius 1 is 1.15 bits per heavy atom. The van der Waals surface area contributed by atoms with Crippen LogP contribution in [0.1, 0.15) is 30.3 Å². The van der Waals surface area contributed by atoms with E-state index in [-0.39, 0.29) is 5.69 Å². The third-order valence-corrected chi connectivity index (χ3v) is 4.60. The van der Waals surface area contributed by atoms with Gasteiger partial charge in [-0.05, 0) is 34.2 Å². The van der Waals surface area contributed by atoms with Crippen LogP contribution in [0.4, 0.5) is 0 Å². The molecule has 2 aromatic heterocycles. The first-order chi connectivity index (χ1) is 12.7. The van der Waals surface area contributed by atoms with Gasteiger partial charge < -0.3 is 0 Å². The molecular weight excluding hydrogens is 324 g/mol. The highest BCUT2D eigenvalue weighted by atomic mass is 16.2. The topological polar surface area (TPSA) is 53.4 Å². The number of nitrogens with zero attached hydrogens (tertiary/aromatic N) is 3. The lowest BCUT2D eigenvalue weighted by Crippen LogP contribution is -2.29. The summed E-state index contributed by atoms with van der Waals surface area (Å²) >= 11 is 0. The summed E-state index contributed by atoms with van der Waals surface area (Å²) in [5.74, 6) is 0.836. The van der Waals surface area contributed by atoms with Crippen molar-refractivity contribution in [3.8, 4) is 0 Å². The number of aromatic nitrogens is 4. The van der Waals surface area contributed by atoms with E-state index >= 15 is 0 Å². The molecule has 0 atom stereocenters. The average molecular weight is 345 g/mol. The number of nitrogens with one attached hydrogen (secondary N) is 1. The van der Waals surface area contributed by atoms with Crippen molar-refractivity contribution in [2.75, 3.05) is 0 Å². The summed E-state index contributed by atoms with van der Waals surface area (Å²) in [6, 6.07) is 16.0. The molecule has 0 bridgehead atoms. The van der Waals surface area contributed by atoms with Crippen molar-refractivity contribution < 1.29 is 4.98 Å². The molecule has 4 aromatic rings. The molecule has 5 nitrogen and oxygen atoms in total. The summed E-state index contributed by atoms with van der Waals surface area (Å²) < 4.78 is 3.27. The fourth-order valence-corrected chi connectivity index (χ4v) is 3.28. The van der Waals surface area contributed by atoms with Gasteiger partial charge in [0.15, 0.2) is 0 Å². The van der Waals surface area contributed by atoms with Gasteiger partial charge in [0.2, 0.25) is 0 Å². The molecule has 5 heteroatoms. The summed E-state index contributed by atoms with van der Waals surface area (Å²) in [4.78, 5) is 16.4. The van der Waals surface area contributed by atoms with Crippen molar-refractivity contribution in [2.24, 2.45) is 0 Å². The zero-order chi connectivity index (χ0) is 18.1. The lowest BCUT2D eigenvalue weighted by atomic mass is 10.1. The maximum atomic E-state index is 13.1. The van der Waals surface area contributed by atoms with Gasteiger partial charge in [-0.2, -0.15) is 0 Å². The van der Waals surface area contributed by atoms with Crippen molar-refractivity contribution in [3.05, 3.63) is 82.5 Å². The number of H-pyrrole nitrogens is 1. The van der Waals surface area contributed by atoms with E-state index in [1.807, 2.05) is 54.6 Å². The molecule has 0 aliphatic carbocycles. The first kappa shape index (κ1) is 16.3. The Balaban J connectivity index is 1.92. The molecule has 2 aromatic carbocycles. The van der Waals surface area contributed by atoms with E-state index < -0.39 is 0 Å². The Hall–Kier alpha value is -3.21. The Morgan fingerprint density at radius 3 is 2.65 bits per heavy atom. The molecule has 0 aliphatic heterocycles. The minimum atomic E-state index is -0.134. The number of benzene rings is 2. The number of hydrogen-bond acceptors (Lipinski definition) is 2. The van der Waals surface area contributed by atoms with E-state index in [4.69, 9.17) is 0 Å². The van der Waals surface area contributed by atoms with Crippen molar-refractivity contribution in [1.82, 2.24) is 14.2 Å². The van der Waals surface area contributed by atoms with Gasteiger partial charge in [-0.1, -0.05) is 56.0 Å². The van der Waals surface area contributed by atoms with E-state index in [1.54, 1.807) is 4.57 Å². The van der Waals surface area contributed by atoms with Crippen molar-refractivity contribution in [1.29, 1.82) is 0 Å². The standard InChI is InChI=1S/C21H20N4O/c1-3-7-19-22-20-17-8-5-6-9-18(17)24(21(26)25(20)23-19)14-16-12-10-15(4-2)11-13-16/h4-6,8-13H,2-3,7,14H2,1H3/p+1. The first-order valence-corrected chi connectivity index (χ1v) is 8.85. The number of para-hydroxylation sites is 1. The van der Waals surface area contributed by atoms with Crippen LogP contribution < -0.4 is 10.7 Å². The second-order valence-corrected chi connectivity index (χ2v) is 6.41. The minimum absolute atomic E-state index is 0.134. The van der Waals surface area contributed by atoms with Crippen LogP contribution in [0.3, 0.4) is 0 Å². The highest BCUT2D eigenvalue weighted by Crippen LogP contribution is 2.17. The molecule has 1 N–H and O–H groups in total. The fraction of sp³-hybridized carbons (Fsp3) is 0.190. The molecule has 0 unspecified atom stereocenters. The lowest BCUT2D eigenvalue weighted by Gasteiger charge is -2.09. The summed E-state index contributed by atoms with van der Waals surface area (Å²) in [6.07, 6.45) is 3.60. The van der Waals surface area contributed by atoms with Crippen LogP contribution in [0.25, 0.3) is 22.6 Å². The normalized spacial score (nSPS) is 11.3. The second kappa shape index (κ2) is 6.59. The van der Waals surface area contributed by atoms with Gasteiger partial charge in [0.25, 0.3) is 11.5 Å². The number of aryl methyl sites for hydroxylation is 1. The molecule has 0 aliphatic rings. The molecule has 0 spiro atoms. The van der Waals surface area contributed by atoms with Crippen LogP contribution in [0.5, 0.6) is 0 Å². The fourth-order valence-electron chi connectivity index (χ4n) is 3.28. The van der Waals surface area contributed by atoms with Gasteiger partial charge in [0.05, 0.1) is 22.5 Å². The molecule has 4 rings (SSSR count). The van der Waals surface area contributed by atoms with Gasteiger partial charge in [-0.25, -0.2) is 9.78 Å². The van der Waals surface area contributed by atoms with Crippen molar-refractivity contribution in [2.45, 2.75) is 26.3 Å². The van der Waals surface area contributed by atoms with Crippen molar-refractivity contribution in [3.63, 3.8) is 0 Å². The molecule has 2 heterocycles. The van der Waals surface area contributed by atoms with E-state index in [1.165, 1.54) is 4.52 Å². The summed E-state index contributed by atoms with van der Waals surface area (Å²) in [6.45, 7) is 6.37. The van der Waals surface area contributed by atoms with Crippen LogP contribution in [-0.4, -0.2) is 14.2 Å². The molecule has 0 saturated carbocycles. The predicted octanol–water partition coefficient (Wildman–Crippen LogP) is 3.11. The maximum Gasteiger partial charge on any atom is 0.423 e. The second-order valence-electron chi connectivity index (χ2n) is 6.41. The van der Waals surface area contributed by atoms with Gasteiger partial charge in [-0.15, -0.1) is 0 Å². The molecule has 0 radical (unpaired) electrons. The highest BCUT2D eigenvalue weighted by molar-refractivity contribution is 5.89. The van der Waals surface area contributed by atoms with E-state index in [2.05, 4.69) is 23.6 Å². The van der Waals surface area contributed by atoms with Crippen molar-refractivity contribution >= 4 is 22.6 Å². The lowest BCUT2D eigenvalue weighted by molar-refractivity contribution is -0.358. The zero-order valence-electron chi connectivity index (χ0n) is 14.8. The van der Waals surface area contributed by atoms with Gasteiger partial charge >= 0.3 is 5.69 Å². The monoisotopic (exact) mass is 345 g/mol. The first-order valence-electron chi connectivity index (χ1n) is 8.85. The average Bonchev–Trinajstić information content (AvgIpc) is 3.10. The Morgan fingerprint density at radius 2 is 1.92 bits per heavy atom. The molecule has 0 saturated heterocycles. The van der Waals surface area contributed by atoms with Gasteiger partial charge in [-0.3, -0.25) is 4.57 Å². The summed E-state index contributed by atoms with van der Waals surface area (Å²) in [5, 5.41) is 5.49. The Labute approximate surface area is 151 Å². The largest absolute Gasteiger partial charge is 0.423 e. The Bertz CT molecular complexity index is 1150. The molecule has 0 fully saturated rings. The van der Waals surface area contributed by atoms with E-state index in [0.717, 1.165) is 46.3 Å². The molecule has 26 heavy (non-hydrogen) atoms. The Kier molecular flexibility index (Phi) is 4.13. The van der Waals surface area contributed by atoms with Crippen LogP contribution in [0.2, 0.25) is 0 Å². The minimum Gasteiger partial charge on any atom is -0.273 e. The van der Waals surface area contributed by atoms with E-state index in [9.17, 15) is 4.79 Å². The van der Waals surface area contributed by atoms with Crippen LogP contribution >= 0.6 is 0 Å². The number of aromatic amines is 1. The molecular formula is C21H21N4O+. The molecule has 130 valence electrons. The SMILES string of the molecule is C=Cc1ccc(Cn2c(=O)n3nc(CCC)[nH+]c3c3ccccc32)cc1. The smallest absolute Gasteiger partial charge is 0.273 e. The van der Waals surface area contributed by atoms with Crippen LogP contribution in [0.15, 0.2) is 59.9 Å². The predicted molar refractivity (Wildman–Crippen MR) is 103 cm³/mol. The summed E-state index contributed by atoms with van der Waals surface area (Å²) in [7, 11) is 0. The zero-order valence-corrected chi connectivity index (χ0v) is 14.8. The highest BCUT2D eigenvalue weighted by Gasteiger charge is 2.21. The third kappa shape index (κ3) is 2.71. The number of hydrogen-bond donors (Lipinski definition) is 0. The van der Waals surface area contributed by atoms with Gasteiger partial charge in [0, 0.05) is 6.42 Å². The molecule has 0 amide bonds. The number of fused-ring (bicyclic) bond motifs is 3. The van der Waals surface area contributed by atoms with E-state index in [0.29, 0.717) is 6.54 Å². The quantitative estimate of drug-likeness (QED) is 0.558. The van der Waals surface area contributed by atoms with Crippen LogP contribution in [-0.2, 0) is 13.0 Å². The van der Waals surface area contributed by atoms with Crippen LogP contribution in [0, 0.1) is 0 Å².